The zero-order valence-electron chi connectivity index (χ0n) is 8.50. The average molecular weight is 179 g/mol. The summed E-state index contributed by atoms with van der Waals surface area (Å²) in [5.41, 5.74) is 7.74. The van der Waals surface area contributed by atoms with Crippen molar-refractivity contribution in [3.63, 3.8) is 0 Å². The lowest BCUT2D eigenvalue weighted by Gasteiger charge is -2.12. The Morgan fingerprint density at radius 3 is 2.62 bits per heavy atom. The Bertz CT molecular complexity index is 281. The molecule has 2 N–H and O–H groups in total. The summed E-state index contributed by atoms with van der Waals surface area (Å²) in [6.07, 6.45) is 1.18. The molecule has 0 unspecified atom stereocenters. The first-order valence-corrected chi connectivity index (χ1v) is 4.68. The van der Waals surface area contributed by atoms with E-state index in [9.17, 15) is 0 Å². The van der Waals surface area contributed by atoms with Crippen LogP contribution < -0.4 is 10.5 Å². The SMILES string of the molecule is CCc1ccc(N)c(OC(C)C)c1. The van der Waals surface area contributed by atoms with Crippen LogP contribution in [0.5, 0.6) is 5.75 Å². The van der Waals surface area contributed by atoms with Crippen LogP contribution in [0.4, 0.5) is 5.69 Å². The Morgan fingerprint density at radius 2 is 2.08 bits per heavy atom. The standard InChI is InChI=1S/C11H17NO/c1-4-9-5-6-10(12)11(7-9)13-8(2)3/h5-8H,4,12H2,1-3H3. The Balaban J connectivity index is 2.90. The Hall–Kier alpha value is -1.18. The van der Waals surface area contributed by atoms with Crippen molar-refractivity contribution in [1.82, 2.24) is 0 Å². The van der Waals surface area contributed by atoms with E-state index in [1.165, 1.54) is 5.56 Å². The lowest BCUT2D eigenvalue weighted by atomic mass is 10.1. The number of aryl methyl sites for hydroxylation is 1. The summed E-state index contributed by atoms with van der Waals surface area (Å²) in [6.45, 7) is 6.11. The summed E-state index contributed by atoms with van der Waals surface area (Å²) in [5, 5.41) is 0. The Kier molecular flexibility index (Phi) is 3.18. The maximum absolute atomic E-state index is 5.77. The predicted molar refractivity (Wildman–Crippen MR) is 56.0 cm³/mol. The topological polar surface area (TPSA) is 35.2 Å². The van der Waals surface area contributed by atoms with Crippen LogP contribution in [0.2, 0.25) is 0 Å². The summed E-state index contributed by atoms with van der Waals surface area (Å²) in [6, 6.07) is 5.94. The second-order valence-corrected chi connectivity index (χ2v) is 3.39. The number of nitrogen functional groups attached to an aromatic ring is 1. The van der Waals surface area contributed by atoms with Gasteiger partial charge in [0.05, 0.1) is 11.8 Å². The molecule has 0 aromatic heterocycles. The smallest absolute Gasteiger partial charge is 0.142 e. The highest BCUT2D eigenvalue weighted by Crippen LogP contribution is 2.23. The number of hydrogen-bond donors (Lipinski definition) is 1. The van der Waals surface area contributed by atoms with Crippen LogP contribution in [0.3, 0.4) is 0 Å². The number of ether oxygens (including phenoxy) is 1. The van der Waals surface area contributed by atoms with Crippen LogP contribution in [0.25, 0.3) is 0 Å². The molecule has 1 rings (SSSR count). The highest BCUT2D eigenvalue weighted by molar-refractivity contribution is 5.54. The quantitative estimate of drug-likeness (QED) is 0.724. The highest BCUT2D eigenvalue weighted by atomic mass is 16.5. The van der Waals surface area contributed by atoms with Gasteiger partial charge in [-0.25, -0.2) is 0 Å². The molecule has 0 aliphatic rings. The van der Waals surface area contributed by atoms with Gasteiger partial charge in [-0.15, -0.1) is 0 Å². The Labute approximate surface area is 79.7 Å². The summed E-state index contributed by atoms with van der Waals surface area (Å²) >= 11 is 0. The number of rotatable bonds is 3. The summed E-state index contributed by atoms with van der Waals surface area (Å²) in [7, 11) is 0. The minimum Gasteiger partial charge on any atom is -0.489 e. The van der Waals surface area contributed by atoms with Gasteiger partial charge in [0.2, 0.25) is 0 Å². The molecule has 2 heteroatoms. The largest absolute Gasteiger partial charge is 0.489 e. The number of hydrogen-bond acceptors (Lipinski definition) is 2. The summed E-state index contributed by atoms with van der Waals surface area (Å²) in [5.74, 6) is 0.800. The van der Waals surface area contributed by atoms with E-state index in [4.69, 9.17) is 10.5 Å². The van der Waals surface area contributed by atoms with Crippen LogP contribution in [0.15, 0.2) is 18.2 Å². The van der Waals surface area contributed by atoms with E-state index >= 15 is 0 Å². The molecule has 1 aromatic rings. The molecule has 0 heterocycles. The van der Waals surface area contributed by atoms with Gasteiger partial charge in [-0.1, -0.05) is 13.0 Å². The normalized spacial score (nSPS) is 10.5. The Morgan fingerprint density at radius 1 is 1.38 bits per heavy atom. The fourth-order valence-electron chi connectivity index (χ4n) is 1.15. The van der Waals surface area contributed by atoms with Crippen molar-refractivity contribution in [1.29, 1.82) is 0 Å². The zero-order valence-corrected chi connectivity index (χ0v) is 8.50. The molecule has 0 saturated carbocycles. The molecule has 13 heavy (non-hydrogen) atoms. The highest BCUT2D eigenvalue weighted by Gasteiger charge is 2.03. The van der Waals surface area contributed by atoms with E-state index in [1.54, 1.807) is 0 Å². The van der Waals surface area contributed by atoms with Crippen LogP contribution in [0.1, 0.15) is 26.3 Å². The third-order valence-corrected chi connectivity index (χ3v) is 1.85. The third kappa shape index (κ3) is 2.65. The first kappa shape index (κ1) is 9.90. The molecular formula is C11H17NO. The maximum Gasteiger partial charge on any atom is 0.142 e. The maximum atomic E-state index is 5.77. The molecule has 0 radical (unpaired) electrons. The second-order valence-electron chi connectivity index (χ2n) is 3.39. The summed E-state index contributed by atoms with van der Waals surface area (Å²) < 4.78 is 5.56. The molecule has 0 bridgehead atoms. The molecule has 0 amide bonds. The van der Waals surface area contributed by atoms with Gasteiger partial charge < -0.3 is 10.5 Å². The minimum absolute atomic E-state index is 0.175. The molecular weight excluding hydrogens is 162 g/mol. The third-order valence-electron chi connectivity index (χ3n) is 1.85. The van der Waals surface area contributed by atoms with Gasteiger partial charge in [0.15, 0.2) is 0 Å². The monoisotopic (exact) mass is 179 g/mol. The van der Waals surface area contributed by atoms with E-state index in [2.05, 4.69) is 6.92 Å². The molecule has 0 aliphatic heterocycles. The minimum atomic E-state index is 0.175. The van der Waals surface area contributed by atoms with Crippen molar-refractivity contribution in [3.8, 4) is 5.75 Å². The molecule has 0 aliphatic carbocycles. The van der Waals surface area contributed by atoms with E-state index in [0.29, 0.717) is 5.69 Å². The lowest BCUT2D eigenvalue weighted by molar-refractivity contribution is 0.243. The van der Waals surface area contributed by atoms with Crippen molar-refractivity contribution < 1.29 is 4.74 Å². The van der Waals surface area contributed by atoms with Crippen LogP contribution in [0, 0.1) is 0 Å². The van der Waals surface area contributed by atoms with Crippen molar-refractivity contribution in [2.45, 2.75) is 33.3 Å². The number of benzene rings is 1. The second kappa shape index (κ2) is 4.17. The lowest BCUT2D eigenvalue weighted by Crippen LogP contribution is -2.07. The van der Waals surface area contributed by atoms with Gasteiger partial charge in [-0.2, -0.15) is 0 Å². The number of anilines is 1. The van der Waals surface area contributed by atoms with Crippen molar-refractivity contribution >= 4 is 5.69 Å². The molecule has 72 valence electrons. The van der Waals surface area contributed by atoms with E-state index in [0.717, 1.165) is 12.2 Å². The number of nitrogens with two attached hydrogens (primary N) is 1. The van der Waals surface area contributed by atoms with Crippen LogP contribution >= 0.6 is 0 Å². The molecule has 2 nitrogen and oxygen atoms in total. The summed E-state index contributed by atoms with van der Waals surface area (Å²) in [4.78, 5) is 0. The van der Waals surface area contributed by atoms with E-state index < -0.39 is 0 Å². The molecule has 0 saturated heterocycles. The van der Waals surface area contributed by atoms with E-state index in [1.807, 2.05) is 32.0 Å². The molecule has 0 spiro atoms. The van der Waals surface area contributed by atoms with Gasteiger partial charge in [-0.05, 0) is 38.0 Å². The first-order chi connectivity index (χ1) is 6.13. The molecule has 1 aromatic carbocycles. The fraction of sp³-hybridized carbons (Fsp3) is 0.455. The molecule has 0 atom stereocenters. The van der Waals surface area contributed by atoms with Crippen LogP contribution in [-0.4, -0.2) is 6.10 Å². The van der Waals surface area contributed by atoms with Gasteiger partial charge >= 0.3 is 0 Å². The average Bonchev–Trinajstić information content (AvgIpc) is 2.08. The van der Waals surface area contributed by atoms with Crippen molar-refractivity contribution in [2.75, 3.05) is 5.73 Å². The van der Waals surface area contributed by atoms with Crippen molar-refractivity contribution in [2.24, 2.45) is 0 Å². The fourth-order valence-corrected chi connectivity index (χ4v) is 1.15. The van der Waals surface area contributed by atoms with Gasteiger partial charge in [0.25, 0.3) is 0 Å². The van der Waals surface area contributed by atoms with Crippen molar-refractivity contribution in [3.05, 3.63) is 23.8 Å². The van der Waals surface area contributed by atoms with Crippen LogP contribution in [-0.2, 0) is 6.42 Å². The van der Waals surface area contributed by atoms with Gasteiger partial charge in [0.1, 0.15) is 5.75 Å². The first-order valence-electron chi connectivity index (χ1n) is 4.68. The van der Waals surface area contributed by atoms with Gasteiger partial charge in [-0.3, -0.25) is 0 Å². The van der Waals surface area contributed by atoms with E-state index in [-0.39, 0.29) is 6.10 Å². The van der Waals surface area contributed by atoms with Gasteiger partial charge in [0, 0.05) is 0 Å². The predicted octanol–water partition coefficient (Wildman–Crippen LogP) is 2.62. The molecule has 0 fully saturated rings. The zero-order chi connectivity index (χ0) is 9.84.